The molecule has 3 nitrogen and oxygen atoms in total. The van der Waals surface area contributed by atoms with E-state index in [1.807, 2.05) is 20.9 Å². The standard InChI is InChI=1S/C15H23NO2/c1-10-9-11(2)13(4)15(12(10)3)16(5)14(18)7-6-8-17/h9,17H,6-8H2,1-5H3. The second kappa shape index (κ2) is 6.01. The van der Waals surface area contributed by atoms with Crippen molar-refractivity contribution in [1.82, 2.24) is 0 Å². The van der Waals surface area contributed by atoms with Crippen molar-refractivity contribution in [3.8, 4) is 0 Å². The van der Waals surface area contributed by atoms with Gasteiger partial charge in [0.25, 0.3) is 0 Å². The van der Waals surface area contributed by atoms with Gasteiger partial charge >= 0.3 is 0 Å². The lowest BCUT2D eigenvalue weighted by atomic mass is 9.98. The number of amides is 1. The molecule has 0 heterocycles. The highest BCUT2D eigenvalue weighted by Crippen LogP contribution is 2.29. The Morgan fingerprint density at radius 2 is 1.67 bits per heavy atom. The minimum atomic E-state index is 0.0558. The van der Waals surface area contributed by atoms with E-state index in [0.717, 1.165) is 16.8 Å². The Balaban J connectivity index is 3.12. The minimum absolute atomic E-state index is 0.0558. The van der Waals surface area contributed by atoms with Gasteiger partial charge in [-0.15, -0.1) is 0 Å². The number of nitrogens with zero attached hydrogens (tertiary/aromatic N) is 1. The largest absolute Gasteiger partial charge is 0.396 e. The molecule has 1 N–H and O–H groups in total. The van der Waals surface area contributed by atoms with Gasteiger partial charge in [0.15, 0.2) is 0 Å². The summed E-state index contributed by atoms with van der Waals surface area (Å²) in [4.78, 5) is 13.8. The van der Waals surface area contributed by atoms with Crippen molar-refractivity contribution < 1.29 is 9.90 Å². The maximum absolute atomic E-state index is 12.0. The van der Waals surface area contributed by atoms with Crippen LogP contribution in [0.25, 0.3) is 0 Å². The molecule has 0 atom stereocenters. The fourth-order valence-corrected chi connectivity index (χ4v) is 2.22. The first kappa shape index (κ1) is 14.7. The summed E-state index contributed by atoms with van der Waals surface area (Å²) in [5, 5.41) is 8.79. The number of carbonyl (C=O) groups is 1. The molecule has 0 spiro atoms. The van der Waals surface area contributed by atoms with Gasteiger partial charge in [-0.1, -0.05) is 6.07 Å². The molecule has 0 bridgehead atoms. The number of benzene rings is 1. The van der Waals surface area contributed by atoms with Crippen LogP contribution < -0.4 is 4.90 Å². The Bertz CT molecular complexity index is 426. The Labute approximate surface area is 109 Å². The predicted octanol–water partition coefficient (Wildman–Crippen LogP) is 2.66. The van der Waals surface area contributed by atoms with E-state index in [9.17, 15) is 4.79 Å². The van der Waals surface area contributed by atoms with E-state index in [1.54, 1.807) is 4.90 Å². The summed E-state index contributed by atoms with van der Waals surface area (Å²) in [7, 11) is 1.81. The average molecular weight is 249 g/mol. The molecule has 0 aliphatic heterocycles. The molecule has 0 aliphatic rings. The first-order chi connectivity index (χ1) is 8.40. The molecular formula is C15H23NO2. The Morgan fingerprint density at radius 3 is 2.11 bits per heavy atom. The van der Waals surface area contributed by atoms with Gasteiger partial charge in [-0.2, -0.15) is 0 Å². The number of hydrogen-bond acceptors (Lipinski definition) is 2. The summed E-state index contributed by atoms with van der Waals surface area (Å²) in [5.41, 5.74) is 5.72. The zero-order chi connectivity index (χ0) is 13.9. The van der Waals surface area contributed by atoms with Gasteiger partial charge in [0, 0.05) is 25.8 Å². The number of aliphatic hydroxyl groups is 1. The summed E-state index contributed by atoms with van der Waals surface area (Å²) < 4.78 is 0. The van der Waals surface area contributed by atoms with E-state index in [2.05, 4.69) is 19.9 Å². The topological polar surface area (TPSA) is 40.5 Å². The molecule has 100 valence electrons. The minimum Gasteiger partial charge on any atom is -0.396 e. The lowest BCUT2D eigenvalue weighted by molar-refractivity contribution is -0.118. The first-order valence-corrected chi connectivity index (χ1v) is 6.35. The smallest absolute Gasteiger partial charge is 0.226 e. The van der Waals surface area contributed by atoms with E-state index in [1.165, 1.54) is 11.1 Å². The van der Waals surface area contributed by atoms with Gasteiger partial charge in [-0.05, 0) is 56.4 Å². The normalized spacial score (nSPS) is 10.6. The summed E-state index contributed by atoms with van der Waals surface area (Å²) in [6.45, 7) is 8.29. The fourth-order valence-electron chi connectivity index (χ4n) is 2.22. The van der Waals surface area contributed by atoms with Gasteiger partial charge in [-0.3, -0.25) is 4.79 Å². The van der Waals surface area contributed by atoms with E-state index >= 15 is 0 Å². The van der Waals surface area contributed by atoms with Crippen molar-refractivity contribution >= 4 is 11.6 Å². The van der Waals surface area contributed by atoms with Crippen LogP contribution in [0.2, 0.25) is 0 Å². The highest BCUT2D eigenvalue weighted by molar-refractivity contribution is 5.94. The van der Waals surface area contributed by atoms with Gasteiger partial charge in [-0.25, -0.2) is 0 Å². The van der Waals surface area contributed by atoms with Crippen molar-refractivity contribution in [2.75, 3.05) is 18.6 Å². The third kappa shape index (κ3) is 2.91. The number of aliphatic hydroxyl groups excluding tert-OH is 1. The van der Waals surface area contributed by atoms with Crippen molar-refractivity contribution in [2.24, 2.45) is 0 Å². The van der Waals surface area contributed by atoms with Crippen LogP contribution in [-0.4, -0.2) is 24.7 Å². The average Bonchev–Trinajstić information content (AvgIpc) is 2.33. The van der Waals surface area contributed by atoms with Crippen LogP contribution in [0.5, 0.6) is 0 Å². The van der Waals surface area contributed by atoms with Crippen LogP contribution in [0.15, 0.2) is 6.07 Å². The van der Waals surface area contributed by atoms with E-state index in [0.29, 0.717) is 12.8 Å². The molecule has 1 aromatic rings. The van der Waals surface area contributed by atoms with Crippen LogP contribution >= 0.6 is 0 Å². The summed E-state index contributed by atoms with van der Waals surface area (Å²) in [6, 6.07) is 2.15. The molecular weight excluding hydrogens is 226 g/mol. The Kier molecular flexibility index (Phi) is 4.91. The molecule has 0 unspecified atom stereocenters. The van der Waals surface area contributed by atoms with Crippen molar-refractivity contribution in [2.45, 2.75) is 40.5 Å². The number of hydrogen-bond donors (Lipinski definition) is 1. The molecule has 18 heavy (non-hydrogen) atoms. The first-order valence-electron chi connectivity index (χ1n) is 6.35. The molecule has 1 aromatic carbocycles. The van der Waals surface area contributed by atoms with E-state index < -0.39 is 0 Å². The molecule has 0 radical (unpaired) electrons. The predicted molar refractivity (Wildman–Crippen MR) is 75.1 cm³/mol. The summed E-state index contributed by atoms with van der Waals surface area (Å²) >= 11 is 0. The highest BCUT2D eigenvalue weighted by Gasteiger charge is 2.17. The summed E-state index contributed by atoms with van der Waals surface area (Å²) in [5.74, 6) is 0.0558. The van der Waals surface area contributed by atoms with Gasteiger partial charge in [0.1, 0.15) is 0 Å². The zero-order valence-corrected chi connectivity index (χ0v) is 12.0. The zero-order valence-electron chi connectivity index (χ0n) is 12.0. The molecule has 1 rings (SSSR count). The van der Waals surface area contributed by atoms with Crippen LogP contribution in [0.4, 0.5) is 5.69 Å². The molecule has 1 amide bonds. The molecule has 0 aromatic heterocycles. The van der Waals surface area contributed by atoms with Crippen LogP contribution in [0, 0.1) is 27.7 Å². The lowest BCUT2D eigenvalue weighted by Crippen LogP contribution is -2.28. The van der Waals surface area contributed by atoms with Crippen molar-refractivity contribution in [1.29, 1.82) is 0 Å². The molecule has 3 heteroatoms. The van der Waals surface area contributed by atoms with Crippen LogP contribution in [-0.2, 0) is 4.79 Å². The van der Waals surface area contributed by atoms with Gasteiger partial charge in [0.2, 0.25) is 5.91 Å². The number of rotatable bonds is 4. The lowest BCUT2D eigenvalue weighted by Gasteiger charge is -2.24. The maximum atomic E-state index is 12.0. The number of anilines is 1. The molecule has 0 saturated carbocycles. The third-order valence-electron chi connectivity index (χ3n) is 3.58. The second-order valence-corrected chi connectivity index (χ2v) is 4.89. The molecule has 0 aliphatic carbocycles. The van der Waals surface area contributed by atoms with Gasteiger partial charge in [0.05, 0.1) is 0 Å². The number of aryl methyl sites for hydroxylation is 2. The Hall–Kier alpha value is -1.35. The van der Waals surface area contributed by atoms with E-state index in [4.69, 9.17) is 5.11 Å². The van der Waals surface area contributed by atoms with Crippen LogP contribution in [0.1, 0.15) is 35.1 Å². The molecule has 0 fully saturated rings. The van der Waals surface area contributed by atoms with Crippen LogP contribution in [0.3, 0.4) is 0 Å². The number of carbonyl (C=O) groups excluding carboxylic acids is 1. The van der Waals surface area contributed by atoms with Crippen molar-refractivity contribution in [3.05, 3.63) is 28.3 Å². The fraction of sp³-hybridized carbons (Fsp3) is 0.533. The van der Waals surface area contributed by atoms with Crippen molar-refractivity contribution in [3.63, 3.8) is 0 Å². The van der Waals surface area contributed by atoms with E-state index in [-0.39, 0.29) is 12.5 Å². The third-order valence-corrected chi connectivity index (χ3v) is 3.58. The second-order valence-electron chi connectivity index (χ2n) is 4.89. The maximum Gasteiger partial charge on any atom is 0.226 e. The summed E-state index contributed by atoms with van der Waals surface area (Å²) in [6.07, 6.45) is 0.908. The molecule has 0 saturated heterocycles. The van der Waals surface area contributed by atoms with Gasteiger partial charge < -0.3 is 10.0 Å². The Morgan fingerprint density at radius 1 is 1.17 bits per heavy atom. The SMILES string of the molecule is Cc1cc(C)c(C)c(N(C)C(=O)CCCO)c1C. The monoisotopic (exact) mass is 249 g/mol. The highest BCUT2D eigenvalue weighted by atomic mass is 16.3. The quantitative estimate of drug-likeness (QED) is 0.891.